The second-order valence-electron chi connectivity index (χ2n) is 4.84. The average molecular weight is 353 g/mol. The van der Waals surface area contributed by atoms with Crippen LogP contribution in [0.2, 0.25) is 0 Å². The number of hydrogen-bond acceptors (Lipinski definition) is 2. The van der Waals surface area contributed by atoms with Gasteiger partial charge in [-0.25, -0.2) is 0 Å². The predicted octanol–water partition coefficient (Wildman–Crippen LogP) is 4.73. The van der Waals surface area contributed by atoms with Crippen molar-refractivity contribution in [2.24, 2.45) is 0 Å². The van der Waals surface area contributed by atoms with Gasteiger partial charge in [0.05, 0.1) is 6.61 Å². The lowest BCUT2D eigenvalue weighted by molar-refractivity contribution is 0.354. The Hall–Kier alpha value is -1.19. The average Bonchev–Trinajstić information content (AvgIpc) is 2.93. The van der Waals surface area contributed by atoms with Crippen LogP contribution in [-0.4, -0.2) is 6.61 Å². The molecule has 0 aliphatic carbocycles. The monoisotopic (exact) mass is 351 g/mol. The van der Waals surface area contributed by atoms with Crippen LogP contribution in [0.5, 0.6) is 5.75 Å². The van der Waals surface area contributed by atoms with E-state index in [1.165, 1.54) is 11.1 Å². The zero-order valence-corrected chi connectivity index (χ0v) is 13.3. The molecule has 4 heteroatoms. The minimum Gasteiger partial charge on any atom is -0.493 e. The van der Waals surface area contributed by atoms with Gasteiger partial charge < -0.3 is 10.1 Å². The molecule has 2 aromatic carbocycles. The van der Waals surface area contributed by atoms with E-state index in [1.807, 2.05) is 12.1 Å². The number of hydrogen-bond donors (Lipinski definition) is 1. The van der Waals surface area contributed by atoms with E-state index in [-0.39, 0.29) is 0 Å². The first-order valence-electron chi connectivity index (χ1n) is 6.59. The molecule has 2 aromatic rings. The van der Waals surface area contributed by atoms with Crippen LogP contribution < -0.4 is 10.1 Å². The third kappa shape index (κ3) is 2.94. The van der Waals surface area contributed by atoms with Crippen molar-refractivity contribution in [1.82, 2.24) is 0 Å². The molecule has 0 radical (unpaired) electrons. The topological polar surface area (TPSA) is 21.3 Å². The zero-order chi connectivity index (χ0) is 13.9. The maximum Gasteiger partial charge on any atom is 0.127 e. The molecule has 0 saturated heterocycles. The number of nitrogens with one attached hydrogen (secondary N) is 1. The first-order valence-corrected chi connectivity index (χ1v) is 7.92. The first kappa shape index (κ1) is 13.8. The smallest absolute Gasteiger partial charge is 0.127 e. The SMILES string of the molecule is ClCc1ccc(NCc2cc(Br)cc3c2OCC3)cc1. The highest BCUT2D eigenvalue weighted by atomic mass is 79.9. The van der Waals surface area contributed by atoms with Crippen molar-refractivity contribution in [3.05, 3.63) is 57.6 Å². The molecule has 1 N–H and O–H groups in total. The summed E-state index contributed by atoms with van der Waals surface area (Å²) >= 11 is 9.35. The fraction of sp³-hybridized carbons (Fsp3) is 0.250. The highest BCUT2D eigenvalue weighted by molar-refractivity contribution is 9.10. The number of alkyl halides is 1. The van der Waals surface area contributed by atoms with Crippen LogP contribution in [0.25, 0.3) is 0 Å². The van der Waals surface area contributed by atoms with Crippen LogP contribution in [0, 0.1) is 0 Å². The zero-order valence-electron chi connectivity index (χ0n) is 11.0. The minimum atomic E-state index is 0.549. The Bertz CT molecular complexity index is 613. The summed E-state index contributed by atoms with van der Waals surface area (Å²) in [6, 6.07) is 12.4. The van der Waals surface area contributed by atoms with Crippen molar-refractivity contribution in [3.8, 4) is 5.75 Å². The molecule has 1 aliphatic rings. The van der Waals surface area contributed by atoms with Gasteiger partial charge >= 0.3 is 0 Å². The number of rotatable bonds is 4. The number of halogens is 2. The largest absolute Gasteiger partial charge is 0.493 e. The van der Waals surface area contributed by atoms with E-state index < -0.39 is 0 Å². The van der Waals surface area contributed by atoms with Gasteiger partial charge in [0, 0.05) is 34.6 Å². The van der Waals surface area contributed by atoms with Gasteiger partial charge in [0.2, 0.25) is 0 Å². The Morgan fingerprint density at radius 1 is 1.20 bits per heavy atom. The Morgan fingerprint density at radius 3 is 2.75 bits per heavy atom. The number of ether oxygens (including phenoxy) is 1. The van der Waals surface area contributed by atoms with Crippen LogP contribution in [0.4, 0.5) is 5.69 Å². The standard InChI is InChI=1S/C16H15BrClNO/c17-14-7-12-5-6-20-16(12)13(8-14)10-19-15-3-1-11(9-18)2-4-15/h1-4,7-8,19H,5-6,9-10H2. The first-order chi connectivity index (χ1) is 9.76. The molecule has 0 spiro atoms. The summed E-state index contributed by atoms with van der Waals surface area (Å²) in [4.78, 5) is 0. The van der Waals surface area contributed by atoms with Gasteiger partial charge in [-0.2, -0.15) is 0 Å². The van der Waals surface area contributed by atoms with E-state index in [1.54, 1.807) is 0 Å². The van der Waals surface area contributed by atoms with Gasteiger partial charge in [-0.1, -0.05) is 28.1 Å². The molecule has 2 nitrogen and oxygen atoms in total. The van der Waals surface area contributed by atoms with Crippen molar-refractivity contribution < 1.29 is 4.74 Å². The van der Waals surface area contributed by atoms with Crippen molar-refractivity contribution >= 4 is 33.2 Å². The van der Waals surface area contributed by atoms with Crippen molar-refractivity contribution in [1.29, 1.82) is 0 Å². The third-order valence-electron chi connectivity index (χ3n) is 3.42. The molecule has 1 heterocycles. The summed E-state index contributed by atoms with van der Waals surface area (Å²) < 4.78 is 6.84. The van der Waals surface area contributed by atoms with Crippen LogP contribution in [0.15, 0.2) is 40.9 Å². The maximum absolute atomic E-state index is 5.79. The highest BCUT2D eigenvalue weighted by Gasteiger charge is 2.17. The van der Waals surface area contributed by atoms with Gasteiger partial charge in [0.15, 0.2) is 0 Å². The molecular formula is C16H15BrClNO. The maximum atomic E-state index is 5.79. The predicted molar refractivity (Wildman–Crippen MR) is 86.7 cm³/mol. The molecule has 0 atom stereocenters. The molecular weight excluding hydrogens is 338 g/mol. The van der Waals surface area contributed by atoms with E-state index in [4.69, 9.17) is 16.3 Å². The molecule has 1 aliphatic heterocycles. The van der Waals surface area contributed by atoms with Crippen molar-refractivity contribution in [3.63, 3.8) is 0 Å². The molecule has 20 heavy (non-hydrogen) atoms. The van der Waals surface area contributed by atoms with Gasteiger partial charge in [0.1, 0.15) is 5.75 Å². The molecule has 0 aromatic heterocycles. The summed E-state index contributed by atoms with van der Waals surface area (Å²) in [5.41, 5.74) is 4.69. The summed E-state index contributed by atoms with van der Waals surface area (Å²) in [5.74, 6) is 1.59. The number of benzene rings is 2. The summed E-state index contributed by atoms with van der Waals surface area (Å²) in [6.45, 7) is 1.53. The van der Waals surface area contributed by atoms with Crippen LogP contribution in [0.3, 0.4) is 0 Å². The number of anilines is 1. The Labute approximate surface area is 132 Å². The normalized spacial score (nSPS) is 12.9. The fourth-order valence-corrected chi connectivity index (χ4v) is 3.12. The van der Waals surface area contributed by atoms with E-state index in [9.17, 15) is 0 Å². The van der Waals surface area contributed by atoms with Crippen molar-refractivity contribution in [2.45, 2.75) is 18.8 Å². The minimum absolute atomic E-state index is 0.549. The molecule has 0 saturated carbocycles. The fourth-order valence-electron chi connectivity index (χ4n) is 2.39. The molecule has 0 unspecified atom stereocenters. The lowest BCUT2D eigenvalue weighted by Gasteiger charge is -2.11. The summed E-state index contributed by atoms with van der Waals surface area (Å²) in [6.07, 6.45) is 0.992. The summed E-state index contributed by atoms with van der Waals surface area (Å²) in [7, 11) is 0. The molecule has 104 valence electrons. The van der Waals surface area contributed by atoms with E-state index >= 15 is 0 Å². The van der Waals surface area contributed by atoms with Crippen LogP contribution in [-0.2, 0) is 18.8 Å². The lowest BCUT2D eigenvalue weighted by atomic mass is 10.1. The Morgan fingerprint density at radius 2 is 2.00 bits per heavy atom. The Balaban J connectivity index is 1.75. The Kier molecular flexibility index (Phi) is 4.18. The van der Waals surface area contributed by atoms with E-state index in [0.29, 0.717) is 5.88 Å². The summed E-state index contributed by atoms with van der Waals surface area (Å²) in [5, 5.41) is 3.43. The van der Waals surface area contributed by atoms with Crippen LogP contribution >= 0.6 is 27.5 Å². The van der Waals surface area contributed by atoms with Gasteiger partial charge in [0.25, 0.3) is 0 Å². The second-order valence-corrected chi connectivity index (χ2v) is 6.02. The molecule has 0 fully saturated rings. The van der Waals surface area contributed by atoms with Crippen molar-refractivity contribution in [2.75, 3.05) is 11.9 Å². The lowest BCUT2D eigenvalue weighted by Crippen LogP contribution is -2.01. The van der Waals surface area contributed by atoms with Gasteiger partial charge in [-0.15, -0.1) is 11.6 Å². The third-order valence-corrected chi connectivity index (χ3v) is 4.18. The number of fused-ring (bicyclic) bond motifs is 1. The van der Waals surface area contributed by atoms with E-state index in [2.05, 4.69) is 45.5 Å². The highest BCUT2D eigenvalue weighted by Crippen LogP contribution is 2.33. The quantitative estimate of drug-likeness (QED) is 0.803. The molecule has 0 bridgehead atoms. The van der Waals surface area contributed by atoms with Crippen LogP contribution in [0.1, 0.15) is 16.7 Å². The molecule has 3 rings (SSSR count). The molecule has 0 amide bonds. The van der Waals surface area contributed by atoms with E-state index in [0.717, 1.165) is 41.0 Å². The van der Waals surface area contributed by atoms with Gasteiger partial charge in [-0.05, 0) is 35.4 Å². The van der Waals surface area contributed by atoms with Gasteiger partial charge in [-0.3, -0.25) is 0 Å². The second kappa shape index (κ2) is 6.06.